The van der Waals surface area contributed by atoms with Gasteiger partial charge in [-0.05, 0) is 36.1 Å². The molecule has 2 saturated heterocycles. The number of hydrogen-bond donors (Lipinski definition) is 1. The number of thiophene rings is 1. The molecule has 13 heteroatoms. The van der Waals surface area contributed by atoms with Crippen LogP contribution in [0.1, 0.15) is 40.3 Å². The third-order valence-electron chi connectivity index (χ3n) is 8.22. The van der Waals surface area contributed by atoms with Gasteiger partial charge in [0.15, 0.2) is 0 Å². The van der Waals surface area contributed by atoms with Crippen LogP contribution in [0.2, 0.25) is 0 Å². The van der Waals surface area contributed by atoms with Crippen LogP contribution in [0.15, 0.2) is 24.4 Å². The number of imide groups is 1. The van der Waals surface area contributed by atoms with E-state index in [0.717, 1.165) is 17.4 Å². The Balaban J connectivity index is 1.43. The van der Waals surface area contributed by atoms with Gasteiger partial charge in [0.1, 0.15) is 11.9 Å². The molecule has 8 nitrogen and oxygen atoms in total. The number of fused-ring (bicyclic) bond motifs is 2. The van der Waals surface area contributed by atoms with Crippen LogP contribution in [-0.2, 0) is 22.3 Å². The van der Waals surface area contributed by atoms with E-state index in [1.165, 1.54) is 29.0 Å². The van der Waals surface area contributed by atoms with Crippen molar-refractivity contribution in [2.75, 3.05) is 13.1 Å². The number of alkyl halides is 4. The molecule has 0 aromatic carbocycles. The number of rotatable bonds is 4. The van der Waals surface area contributed by atoms with Crippen LogP contribution in [0.5, 0.6) is 0 Å². The summed E-state index contributed by atoms with van der Waals surface area (Å²) in [4.78, 5) is 50.4. The predicted molar refractivity (Wildman–Crippen MR) is 138 cm³/mol. The highest BCUT2D eigenvalue weighted by molar-refractivity contribution is 7.19. The first kappa shape index (κ1) is 26.8. The van der Waals surface area contributed by atoms with Crippen molar-refractivity contribution in [3.8, 4) is 11.3 Å². The molecule has 40 heavy (non-hydrogen) atoms. The normalized spacial score (nSPS) is 25.7. The third kappa shape index (κ3) is 4.00. The Kier molecular flexibility index (Phi) is 5.87. The van der Waals surface area contributed by atoms with Gasteiger partial charge in [0.2, 0.25) is 11.8 Å². The van der Waals surface area contributed by atoms with Crippen molar-refractivity contribution in [3.63, 3.8) is 0 Å². The van der Waals surface area contributed by atoms with Crippen LogP contribution in [-0.4, -0.2) is 62.8 Å². The molecule has 6 rings (SSSR count). The van der Waals surface area contributed by atoms with E-state index in [2.05, 4.69) is 9.97 Å². The van der Waals surface area contributed by atoms with Gasteiger partial charge in [-0.1, -0.05) is 13.8 Å². The zero-order valence-corrected chi connectivity index (χ0v) is 22.6. The number of nitrogens with zero attached hydrogens (tertiary/aromatic N) is 4. The minimum Gasteiger partial charge on any atom is -0.334 e. The average Bonchev–Trinajstić information content (AvgIpc) is 3.17. The number of likely N-dealkylation sites (tertiary alicyclic amines) is 2. The predicted octanol–water partition coefficient (Wildman–Crippen LogP) is 3.95. The molecule has 3 aromatic heterocycles. The van der Waals surface area contributed by atoms with E-state index in [1.54, 1.807) is 6.07 Å². The molecule has 210 valence electrons. The summed E-state index contributed by atoms with van der Waals surface area (Å²) in [5.41, 5.74) is 4.64. The van der Waals surface area contributed by atoms with Crippen LogP contribution in [0, 0.1) is 24.2 Å². The smallest absolute Gasteiger partial charge is 0.334 e. The average molecular weight is 576 g/mol. The van der Waals surface area contributed by atoms with E-state index in [4.69, 9.17) is 5.73 Å². The third-order valence-corrected chi connectivity index (χ3v) is 9.36. The molecule has 1 saturated carbocycles. The molecule has 0 radical (unpaired) electrons. The van der Waals surface area contributed by atoms with Crippen LogP contribution >= 0.6 is 11.3 Å². The standard InChI is InChI=1S/C27H25F4N5O3S/c1-11-6-17(27(29,30)31)34-21(18(11)23(37)35-9-14(28)15(32)10-35)13-4-5-33-16-7-12(40-22(13)16)8-36-24(38)19-20(25(36)39)26(19,2)3/h4-7,14-15,19-20H,8-10,32H2,1-3H3/t14-,15+,19?,20?/m0/s1. The highest BCUT2D eigenvalue weighted by atomic mass is 32.1. The summed E-state index contributed by atoms with van der Waals surface area (Å²) < 4.78 is 56.0. The molecule has 2 N–H and O–H groups in total. The van der Waals surface area contributed by atoms with Crippen molar-refractivity contribution in [1.82, 2.24) is 19.8 Å². The Morgan fingerprint density at radius 1 is 1.18 bits per heavy atom. The van der Waals surface area contributed by atoms with E-state index in [1.807, 2.05) is 13.8 Å². The van der Waals surface area contributed by atoms with Crippen LogP contribution in [0.25, 0.3) is 21.5 Å². The second-order valence-electron chi connectivity index (χ2n) is 11.3. The number of aryl methyl sites for hydroxylation is 1. The molecule has 5 heterocycles. The second-order valence-corrected chi connectivity index (χ2v) is 12.4. The maximum Gasteiger partial charge on any atom is 0.433 e. The first-order valence-electron chi connectivity index (χ1n) is 12.7. The fraction of sp³-hybridized carbons (Fsp3) is 0.444. The van der Waals surface area contributed by atoms with Crippen molar-refractivity contribution in [2.24, 2.45) is 23.0 Å². The monoisotopic (exact) mass is 575 g/mol. The summed E-state index contributed by atoms with van der Waals surface area (Å²) in [6, 6.07) is 3.05. The van der Waals surface area contributed by atoms with Crippen molar-refractivity contribution < 1.29 is 31.9 Å². The van der Waals surface area contributed by atoms with Gasteiger partial charge in [0.25, 0.3) is 5.91 Å². The number of carbonyl (C=O) groups excluding carboxylic acids is 3. The number of amides is 3. The molecular formula is C27H25F4N5O3S. The molecule has 4 atom stereocenters. The number of nitrogens with two attached hydrogens (primary N) is 1. The van der Waals surface area contributed by atoms with Gasteiger partial charge in [0.05, 0.1) is 52.4 Å². The number of pyridine rings is 2. The number of hydrogen-bond acceptors (Lipinski definition) is 7. The summed E-state index contributed by atoms with van der Waals surface area (Å²) in [7, 11) is 0. The molecule has 3 aromatic rings. The van der Waals surface area contributed by atoms with Crippen molar-refractivity contribution in [1.29, 1.82) is 0 Å². The molecule has 1 aliphatic carbocycles. The summed E-state index contributed by atoms with van der Waals surface area (Å²) in [6.45, 7) is 4.82. The van der Waals surface area contributed by atoms with Crippen LogP contribution in [0.4, 0.5) is 17.6 Å². The number of piperidine rings is 1. The fourth-order valence-corrected chi connectivity index (χ4v) is 7.08. The van der Waals surface area contributed by atoms with Gasteiger partial charge in [-0.25, -0.2) is 9.37 Å². The maximum atomic E-state index is 14.1. The Morgan fingerprint density at radius 2 is 1.85 bits per heavy atom. The lowest BCUT2D eigenvalue weighted by Gasteiger charge is -2.21. The Labute approximate surface area is 230 Å². The molecule has 0 spiro atoms. The fourth-order valence-electron chi connectivity index (χ4n) is 5.96. The van der Waals surface area contributed by atoms with Crippen molar-refractivity contribution in [3.05, 3.63) is 46.1 Å². The van der Waals surface area contributed by atoms with E-state index in [0.29, 0.717) is 15.1 Å². The molecule has 2 unspecified atom stereocenters. The number of carbonyl (C=O) groups is 3. The Hall–Kier alpha value is -3.45. The zero-order chi connectivity index (χ0) is 28.9. The molecule has 2 aliphatic heterocycles. The summed E-state index contributed by atoms with van der Waals surface area (Å²) >= 11 is 1.16. The first-order valence-corrected chi connectivity index (χ1v) is 13.5. The summed E-state index contributed by atoms with van der Waals surface area (Å²) in [6.07, 6.45) is -4.83. The van der Waals surface area contributed by atoms with Crippen molar-refractivity contribution >= 4 is 39.3 Å². The van der Waals surface area contributed by atoms with E-state index < -0.39 is 30.0 Å². The van der Waals surface area contributed by atoms with E-state index in [9.17, 15) is 31.9 Å². The molecule has 3 fully saturated rings. The van der Waals surface area contributed by atoms with Gasteiger partial charge in [-0.15, -0.1) is 11.3 Å². The lowest BCUT2D eigenvalue weighted by molar-refractivity contribution is -0.144. The Bertz CT molecular complexity index is 1570. The lowest BCUT2D eigenvalue weighted by atomic mass is 9.99. The van der Waals surface area contributed by atoms with E-state index in [-0.39, 0.29) is 71.1 Å². The largest absolute Gasteiger partial charge is 0.433 e. The molecule has 3 aliphatic rings. The van der Waals surface area contributed by atoms with Crippen molar-refractivity contribution in [2.45, 2.75) is 45.7 Å². The quantitative estimate of drug-likeness (QED) is 0.373. The number of halogens is 4. The number of aromatic nitrogens is 2. The van der Waals surface area contributed by atoms with Gasteiger partial charge in [-0.2, -0.15) is 13.2 Å². The highest BCUT2D eigenvalue weighted by Gasteiger charge is 2.72. The van der Waals surface area contributed by atoms with Crippen LogP contribution < -0.4 is 5.73 Å². The molecular weight excluding hydrogens is 550 g/mol. The van der Waals surface area contributed by atoms with E-state index >= 15 is 0 Å². The minimum atomic E-state index is -4.78. The van der Waals surface area contributed by atoms with Gasteiger partial charge in [-0.3, -0.25) is 24.3 Å². The van der Waals surface area contributed by atoms with Gasteiger partial charge >= 0.3 is 6.18 Å². The topological polar surface area (TPSA) is 109 Å². The summed E-state index contributed by atoms with van der Waals surface area (Å²) in [5, 5.41) is 0. The van der Waals surface area contributed by atoms with Gasteiger partial charge in [0, 0.05) is 23.2 Å². The first-order chi connectivity index (χ1) is 18.7. The summed E-state index contributed by atoms with van der Waals surface area (Å²) in [5.74, 6) is -1.80. The molecule has 3 amide bonds. The van der Waals surface area contributed by atoms with Crippen LogP contribution in [0.3, 0.4) is 0 Å². The molecule has 0 bridgehead atoms. The SMILES string of the molecule is Cc1cc(C(F)(F)F)nc(-c2ccnc3cc(CN4C(=O)C5C(C4=O)C5(C)C)sc23)c1C(=O)N1C[C@@H](N)[C@@H](F)C1. The zero-order valence-electron chi connectivity index (χ0n) is 21.8. The lowest BCUT2D eigenvalue weighted by Crippen LogP contribution is -2.35. The Morgan fingerprint density at radius 3 is 2.45 bits per heavy atom. The minimum absolute atomic E-state index is 0.0194. The van der Waals surface area contributed by atoms with Gasteiger partial charge < -0.3 is 10.6 Å². The second kappa shape index (κ2) is 8.77. The maximum absolute atomic E-state index is 14.1. The highest BCUT2D eigenvalue weighted by Crippen LogP contribution is 2.63.